The number of halogens is 1. The number of benzene rings is 1. The second-order valence-electron chi connectivity index (χ2n) is 4.98. The second-order valence-corrected chi connectivity index (χ2v) is 5.42. The average molecular weight is 254 g/mol. The van der Waals surface area contributed by atoms with Gasteiger partial charge < -0.3 is 5.11 Å². The van der Waals surface area contributed by atoms with E-state index < -0.39 is 0 Å². The first-order valence-electron chi connectivity index (χ1n) is 6.30. The first-order valence-corrected chi connectivity index (χ1v) is 6.68. The lowest BCUT2D eigenvalue weighted by atomic mass is 9.92. The fourth-order valence-electron chi connectivity index (χ4n) is 2.44. The van der Waals surface area contributed by atoms with Gasteiger partial charge in [0.1, 0.15) is 0 Å². The Balaban J connectivity index is 1.84. The van der Waals surface area contributed by atoms with Gasteiger partial charge >= 0.3 is 0 Å². The maximum absolute atomic E-state index is 9.55. The highest BCUT2D eigenvalue weighted by Gasteiger charge is 2.22. The van der Waals surface area contributed by atoms with E-state index in [9.17, 15) is 5.11 Å². The molecule has 0 spiro atoms. The Morgan fingerprint density at radius 1 is 1.29 bits per heavy atom. The summed E-state index contributed by atoms with van der Waals surface area (Å²) in [5, 5.41) is 10.3. The minimum absolute atomic E-state index is 0.160. The van der Waals surface area contributed by atoms with Crippen molar-refractivity contribution >= 4 is 11.6 Å². The number of piperidine rings is 1. The lowest BCUT2D eigenvalue weighted by Crippen LogP contribution is -2.36. The van der Waals surface area contributed by atoms with Gasteiger partial charge in [0.15, 0.2) is 0 Å². The van der Waals surface area contributed by atoms with Crippen LogP contribution in [-0.2, 0) is 6.54 Å². The van der Waals surface area contributed by atoms with Crippen molar-refractivity contribution in [1.29, 1.82) is 0 Å². The normalized spacial score (nSPS) is 20.4. The van der Waals surface area contributed by atoms with Gasteiger partial charge in [-0.2, -0.15) is 0 Å². The van der Waals surface area contributed by atoms with E-state index in [1.165, 1.54) is 5.56 Å². The van der Waals surface area contributed by atoms with Gasteiger partial charge in [-0.25, -0.2) is 0 Å². The van der Waals surface area contributed by atoms with Crippen molar-refractivity contribution in [2.45, 2.75) is 32.4 Å². The molecule has 1 aliphatic rings. The Bertz CT molecular complexity index is 342. The van der Waals surface area contributed by atoms with Gasteiger partial charge in [0.2, 0.25) is 0 Å². The average Bonchev–Trinajstić information content (AvgIpc) is 2.33. The Labute approximate surface area is 108 Å². The van der Waals surface area contributed by atoms with E-state index in [4.69, 9.17) is 11.6 Å². The highest BCUT2D eigenvalue weighted by Crippen LogP contribution is 2.22. The molecule has 1 aliphatic heterocycles. The molecule has 0 radical (unpaired) electrons. The smallest absolute Gasteiger partial charge is 0.0541 e. The highest BCUT2D eigenvalue weighted by atomic mass is 35.5. The fraction of sp³-hybridized carbons (Fsp3) is 0.571. The largest absolute Gasteiger partial charge is 0.393 e. The molecule has 1 fully saturated rings. The van der Waals surface area contributed by atoms with Crippen LogP contribution >= 0.6 is 11.6 Å². The lowest BCUT2D eigenvalue weighted by molar-refractivity contribution is 0.0695. The number of likely N-dealkylation sites (tertiary alicyclic amines) is 1. The number of rotatable bonds is 3. The van der Waals surface area contributed by atoms with E-state index >= 15 is 0 Å². The second kappa shape index (κ2) is 5.85. The van der Waals surface area contributed by atoms with Crippen molar-refractivity contribution in [2.24, 2.45) is 5.92 Å². The third kappa shape index (κ3) is 3.70. The molecule has 1 aromatic carbocycles. The van der Waals surface area contributed by atoms with E-state index in [-0.39, 0.29) is 6.10 Å². The molecule has 1 saturated heterocycles. The van der Waals surface area contributed by atoms with Gasteiger partial charge in [-0.15, -0.1) is 0 Å². The quantitative estimate of drug-likeness (QED) is 0.895. The Morgan fingerprint density at radius 2 is 1.88 bits per heavy atom. The van der Waals surface area contributed by atoms with Crippen LogP contribution in [0.3, 0.4) is 0 Å². The van der Waals surface area contributed by atoms with Crippen LogP contribution in [0.25, 0.3) is 0 Å². The predicted molar refractivity (Wildman–Crippen MR) is 71.1 cm³/mol. The zero-order valence-electron chi connectivity index (χ0n) is 10.3. The van der Waals surface area contributed by atoms with Gasteiger partial charge in [-0.05, 0) is 56.5 Å². The monoisotopic (exact) mass is 253 g/mol. The maximum Gasteiger partial charge on any atom is 0.0541 e. The summed E-state index contributed by atoms with van der Waals surface area (Å²) in [5.41, 5.74) is 1.31. The van der Waals surface area contributed by atoms with Crippen LogP contribution in [0, 0.1) is 5.92 Å². The molecule has 0 amide bonds. The zero-order valence-corrected chi connectivity index (χ0v) is 11.0. The van der Waals surface area contributed by atoms with Gasteiger partial charge in [0.05, 0.1) is 6.10 Å². The van der Waals surface area contributed by atoms with Gasteiger partial charge in [-0.3, -0.25) is 4.90 Å². The molecule has 1 atom stereocenters. The molecule has 1 aromatic rings. The molecule has 17 heavy (non-hydrogen) atoms. The van der Waals surface area contributed by atoms with Crippen LogP contribution < -0.4 is 0 Å². The van der Waals surface area contributed by atoms with Crippen LogP contribution in [0.15, 0.2) is 24.3 Å². The minimum atomic E-state index is -0.160. The maximum atomic E-state index is 9.55. The molecule has 0 saturated carbocycles. The van der Waals surface area contributed by atoms with Crippen molar-refractivity contribution in [3.05, 3.63) is 34.9 Å². The topological polar surface area (TPSA) is 23.5 Å². The van der Waals surface area contributed by atoms with E-state index in [0.717, 1.165) is 37.5 Å². The number of hydrogen-bond acceptors (Lipinski definition) is 2. The summed E-state index contributed by atoms with van der Waals surface area (Å²) in [6.45, 7) is 5.06. The molecule has 1 N–H and O–H groups in total. The molecule has 2 nitrogen and oxygen atoms in total. The fourth-order valence-corrected chi connectivity index (χ4v) is 2.57. The Morgan fingerprint density at radius 3 is 2.41 bits per heavy atom. The first kappa shape index (κ1) is 12.9. The van der Waals surface area contributed by atoms with E-state index in [1.54, 1.807) is 0 Å². The van der Waals surface area contributed by atoms with Crippen molar-refractivity contribution in [1.82, 2.24) is 4.90 Å². The highest BCUT2D eigenvalue weighted by molar-refractivity contribution is 6.30. The standard InChI is InChI=1S/C14H20ClNO/c1-11(17)13-6-8-16(9-7-13)10-12-2-4-14(15)5-3-12/h2-5,11,13,17H,6-10H2,1H3. The molecule has 0 aliphatic carbocycles. The molecule has 0 bridgehead atoms. The van der Waals surface area contributed by atoms with E-state index in [2.05, 4.69) is 17.0 Å². The Hall–Kier alpha value is -0.570. The summed E-state index contributed by atoms with van der Waals surface area (Å²) in [6, 6.07) is 8.06. The molecule has 2 rings (SSSR count). The van der Waals surface area contributed by atoms with Crippen LogP contribution in [0.1, 0.15) is 25.3 Å². The van der Waals surface area contributed by atoms with Gasteiger partial charge in [0, 0.05) is 11.6 Å². The molecule has 94 valence electrons. The summed E-state index contributed by atoms with van der Waals surface area (Å²) >= 11 is 5.87. The summed E-state index contributed by atoms with van der Waals surface area (Å²) in [4.78, 5) is 2.45. The van der Waals surface area contributed by atoms with Crippen LogP contribution in [0.5, 0.6) is 0 Å². The zero-order chi connectivity index (χ0) is 12.3. The number of nitrogens with zero attached hydrogens (tertiary/aromatic N) is 1. The SMILES string of the molecule is CC(O)C1CCN(Cc2ccc(Cl)cc2)CC1. The van der Waals surface area contributed by atoms with Crippen LogP contribution in [-0.4, -0.2) is 29.2 Å². The van der Waals surface area contributed by atoms with Crippen molar-refractivity contribution in [3.8, 4) is 0 Å². The summed E-state index contributed by atoms with van der Waals surface area (Å²) < 4.78 is 0. The number of aliphatic hydroxyl groups excluding tert-OH is 1. The molecule has 0 aromatic heterocycles. The van der Waals surface area contributed by atoms with Crippen molar-refractivity contribution in [3.63, 3.8) is 0 Å². The molecule has 3 heteroatoms. The number of hydrogen-bond donors (Lipinski definition) is 1. The third-order valence-electron chi connectivity index (χ3n) is 3.63. The molecule has 1 unspecified atom stereocenters. The van der Waals surface area contributed by atoms with Gasteiger partial charge in [-0.1, -0.05) is 23.7 Å². The van der Waals surface area contributed by atoms with Gasteiger partial charge in [0.25, 0.3) is 0 Å². The molecular formula is C14H20ClNO. The summed E-state index contributed by atoms with van der Waals surface area (Å²) in [5.74, 6) is 0.483. The first-order chi connectivity index (χ1) is 8.15. The number of aliphatic hydroxyl groups is 1. The minimum Gasteiger partial charge on any atom is -0.393 e. The van der Waals surface area contributed by atoms with Crippen molar-refractivity contribution < 1.29 is 5.11 Å². The summed E-state index contributed by atoms with van der Waals surface area (Å²) in [6.07, 6.45) is 2.05. The van der Waals surface area contributed by atoms with E-state index in [0.29, 0.717) is 5.92 Å². The van der Waals surface area contributed by atoms with Crippen molar-refractivity contribution in [2.75, 3.05) is 13.1 Å². The third-order valence-corrected chi connectivity index (χ3v) is 3.89. The lowest BCUT2D eigenvalue weighted by Gasteiger charge is -2.33. The van der Waals surface area contributed by atoms with Crippen LogP contribution in [0.4, 0.5) is 0 Å². The van der Waals surface area contributed by atoms with E-state index in [1.807, 2.05) is 19.1 Å². The Kier molecular flexibility index (Phi) is 4.43. The van der Waals surface area contributed by atoms with Crippen LogP contribution in [0.2, 0.25) is 5.02 Å². The summed E-state index contributed by atoms with van der Waals surface area (Å²) in [7, 11) is 0. The molecule has 1 heterocycles. The predicted octanol–water partition coefficient (Wildman–Crippen LogP) is 2.93. The molecular weight excluding hydrogens is 234 g/mol.